The average molecular weight is 107 g/mol. The smallest absolute Gasteiger partial charge is 0.0282 e. The number of hydrogen-bond donors (Lipinski definition) is 0. The maximum absolute atomic E-state index is 6.90. The van der Waals surface area contributed by atoms with Crippen molar-refractivity contribution in [3.05, 3.63) is 35.8 Å². The summed E-state index contributed by atoms with van der Waals surface area (Å²) in [5.41, 5.74) is 7.87. The summed E-state index contributed by atoms with van der Waals surface area (Å²) in [5, 5.41) is 0. The molecule has 1 aromatic rings. The molecule has 1 rings (SSSR count). The molecular weight excluding hydrogens is 100 g/mol. The van der Waals surface area contributed by atoms with E-state index in [-0.39, 0.29) is 0 Å². The highest BCUT2D eigenvalue weighted by Crippen LogP contribution is 1.94. The first-order chi connectivity index (χ1) is 3.93. The molecule has 0 bridgehead atoms. The van der Waals surface area contributed by atoms with Crippen molar-refractivity contribution in [1.29, 1.82) is 0 Å². The molecule has 42 valence electrons. The third-order valence-electron chi connectivity index (χ3n) is 0.927. The third-order valence-corrected chi connectivity index (χ3v) is 0.927. The van der Waals surface area contributed by atoms with Crippen molar-refractivity contribution in [2.24, 2.45) is 0 Å². The van der Waals surface area contributed by atoms with Gasteiger partial charge < -0.3 is 5.73 Å². The molecule has 0 aliphatic heterocycles. The lowest BCUT2D eigenvalue weighted by Crippen LogP contribution is -1.77. The van der Waals surface area contributed by atoms with Gasteiger partial charge in [0.05, 0.1) is 0 Å². The molecule has 2 heteroatoms. The summed E-state index contributed by atoms with van der Waals surface area (Å²) in [6, 6.07) is 3.73. The lowest BCUT2D eigenvalue weighted by Gasteiger charge is -1.96. The summed E-state index contributed by atoms with van der Waals surface area (Å²) in [6.45, 7) is 0.327. The first-order valence-corrected chi connectivity index (χ1v) is 2.47. The largest absolute Gasteiger partial charge is 0.674 e. The van der Waals surface area contributed by atoms with Gasteiger partial charge in [-0.25, -0.2) is 0 Å². The summed E-state index contributed by atoms with van der Waals surface area (Å²) in [5.74, 6) is 0. The summed E-state index contributed by atoms with van der Waals surface area (Å²) < 4.78 is 0. The minimum absolute atomic E-state index is 0.327. The van der Waals surface area contributed by atoms with Gasteiger partial charge in [-0.3, -0.25) is 4.98 Å². The molecular formula is C6H7N2-. The quantitative estimate of drug-likeness (QED) is 0.537. The Kier molecular flexibility index (Phi) is 1.59. The van der Waals surface area contributed by atoms with Crippen LogP contribution in [-0.4, -0.2) is 4.98 Å². The summed E-state index contributed by atoms with van der Waals surface area (Å²) in [6.07, 6.45) is 3.41. The molecule has 0 aliphatic carbocycles. The Morgan fingerprint density at radius 2 is 2.50 bits per heavy atom. The van der Waals surface area contributed by atoms with E-state index in [0.717, 1.165) is 5.56 Å². The Hall–Kier alpha value is -0.890. The van der Waals surface area contributed by atoms with Crippen LogP contribution in [0.25, 0.3) is 5.73 Å². The molecule has 1 heterocycles. The van der Waals surface area contributed by atoms with E-state index in [1.807, 2.05) is 12.1 Å². The second kappa shape index (κ2) is 2.43. The van der Waals surface area contributed by atoms with E-state index in [2.05, 4.69) is 4.98 Å². The zero-order chi connectivity index (χ0) is 5.82. The SMILES string of the molecule is [NH-]Cc1cccnc1. The van der Waals surface area contributed by atoms with Gasteiger partial charge in [0.25, 0.3) is 0 Å². The number of hydrogen-bond acceptors (Lipinski definition) is 1. The predicted octanol–water partition coefficient (Wildman–Crippen LogP) is 1.63. The van der Waals surface area contributed by atoms with Crippen LogP contribution in [0.1, 0.15) is 5.56 Å². The van der Waals surface area contributed by atoms with E-state index in [0.29, 0.717) is 6.54 Å². The van der Waals surface area contributed by atoms with E-state index in [9.17, 15) is 0 Å². The van der Waals surface area contributed by atoms with E-state index >= 15 is 0 Å². The van der Waals surface area contributed by atoms with Gasteiger partial charge in [-0.05, 0) is 6.07 Å². The first kappa shape index (κ1) is 5.25. The molecule has 0 atom stereocenters. The molecule has 0 spiro atoms. The van der Waals surface area contributed by atoms with Crippen LogP contribution in [0.5, 0.6) is 0 Å². The van der Waals surface area contributed by atoms with E-state index in [1.54, 1.807) is 12.4 Å². The Morgan fingerprint density at radius 1 is 1.62 bits per heavy atom. The molecule has 0 saturated carbocycles. The molecule has 0 aromatic carbocycles. The van der Waals surface area contributed by atoms with Crippen molar-refractivity contribution in [3.63, 3.8) is 0 Å². The highest BCUT2D eigenvalue weighted by Gasteiger charge is 1.76. The predicted molar refractivity (Wildman–Crippen MR) is 32.3 cm³/mol. The molecule has 0 fully saturated rings. The van der Waals surface area contributed by atoms with Crippen molar-refractivity contribution in [2.75, 3.05) is 0 Å². The van der Waals surface area contributed by atoms with Gasteiger partial charge in [0.15, 0.2) is 0 Å². The lowest BCUT2D eigenvalue weighted by atomic mass is 10.3. The van der Waals surface area contributed by atoms with E-state index in [1.165, 1.54) is 0 Å². The van der Waals surface area contributed by atoms with Gasteiger partial charge in [-0.15, -0.1) is 6.54 Å². The summed E-state index contributed by atoms with van der Waals surface area (Å²) in [7, 11) is 0. The van der Waals surface area contributed by atoms with Crippen molar-refractivity contribution >= 4 is 0 Å². The fourth-order valence-electron chi connectivity index (χ4n) is 0.503. The normalized spacial score (nSPS) is 9.12. The second-order valence-corrected chi connectivity index (χ2v) is 1.54. The number of pyridine rings is 1. The van der Waals surface area contributed by atoms with Crippen LogP contribution >= 0.6 is 0 Å². The third kappa shape index (κ3) is 1.04. The minimum Gasteiger partial charge on any atom is -0.674 e. The van der Waals surface area contributed by atoms with Crippen molar-refractivity contribution in [1.82, 2.24) is 4.98 Å². The van der Waals surface area contributed by atoms with Crippen molar-refractivity contribution in [3.8, 4) is 0 Å². The molecule has 8 heavy (non-hydrogen) atoms. The summed E-state index contributed by atoms with van der Waals surface area (Å²) in [4.78, 5) is 3.84. The average Bonchev–Trinajstić information content (AvgIpc) is 1.90. The molecule has 2 nitrogen and oxygen atoms in total. The highest BCUT2D eigenvalue weighted by molar-refractivity contribution is 5.08. The van der Waals surface area contributed by atoms with Gasteiger partial charge in [-0.1, -0.05) is 11.6 Å². The monoisotopic (exact) mass is 107 g/mol. The van der Waals surface area contributed by atoms with Crippen molar-refractivity contribution in [2.45, 2.75) is 6.54 Å². The van der Waals surface area contributed by atoms with Crippen LogP contribution < -0.4 is 0 Å². The van der Waals surface area contributed by atoms with Gasteiger partial charge >= 0.3 is 0 Å². The number of nitrogens with zero attached hydrogens (tertiary/aromatic N) is 1. The number of rotatable bonds is 1. The maximum atomic E-state index is 6.90. The van der Waals surface area contributed by atoms with Gasteiger partial charge in [0, 0.05) is 12.4 Å². The highest BCUT2D eigenvalue weighted by atomic mass is 14.6. The Bertz CT molecular complexity index is 148. The van der Waals surface area contributed by atoms with Crippen LogP contribution in [0.2, 0.25) is 0 Å². The molecule has 0 amide bonds. The van der Waals surface area contributed by atoms with Gasteiger partial charge in [-0.2, -0.15) is 0 Å². The fourth-order valence-corrected chi connectivity index (χ4v) is 0.503. The van der Waals surface area contributed by atoms with E-state index in [4.69, 9.17) is 5.73 Å². The van der Waals surface area contributed by atoms with Crippen molar-refractivity contribution < 1.29 is 0 Å². The summed E-state index contributed by atoms with van der Waals surface area (Å²) >= 11 is 0. The second-order valence-electron chi connectivity index (χ2n) is 1.54. The Balaban J connectivity index is 2.83. The lowest BCUT2D eigenvalue weighted by molar-refractivity contribution is 1.20. The first-order valence-electron chi connectivity index (χ1n) is 2.47. The Labute approximate surface area is 48.4 Å². The molecule has 0 radical (unpaired) electrons. The van der Waals surface area contributed by atoms with Crippen LogP contribution in [-0.2, 0) is 6.54 Å². The zero-order valence-corrected chi connectivity index (χ0v) is 4.46. The molecule has 0 aliphatic rings. The topological polar surface area (TPSA) is 36.7 Å². The van der Waals surface area contributed by atoms with Crippen LogP contribution in [0.15, 0.2) is 24.5 Å². The van der Waals surface area contributed by atoms with E-state index < -0.39 is 0 Å². The van der Waals surface area contributed by atoms with Crippen LogP contribution in [0.3, 0.4) is 0 Å². The van der Waals surface area contributed by atoms with Gasteiger partial charge in [0.2, 0.25) is 0 Å². The molecule has 1 N–H and O–H groups in total. The number of aromatic nitrogens is 1. The molecule has 0 unspecified atom stereocenters. The van der Waals surface area contributed by atoms with Gasteiger partial charge in [0.1, 0.15) is 0 Å². The number of nitrogens with one attached hydrogen (secondary N) is 1. The minimum atomic E-state index is 0.327. The fraction of sp³-hybridized carbons (Fsp3) is 0.167. The molecule has 0 saturated heterocycles. The Morgan fingerprint density at radius 3 is 2.88 bits per heavy atom. The maximum Gasteiger partial charge on any atom is 0.0282 e. The standard InChI is InChI=1S/C6H7N2/c7-4-6-2-1-3-8-5-6/h1-3,5,7H,4H2/q-1. The zero-order valence-electron chi connectivity index (χ0n) is 4.46. The van der Waals surface area contributed by atoms with Crippen LogP contribution in [0, 0.1) is 0 Å². The van der Waals surface area contributed by atoms with Crippen LogP contribution in [0.4, 0.5) is 0 Å². The molecule has 1 aromatic heterocycles.